The molecule has 2 rings (SSSR count). The largest absolute Gasteiger partial charge is 0.399 e. The highest BCUT2D eigenvalue weighted by atomic mass is 14.5. The average molecular weight is 189 g/mol. The van der Waals surface area contributed by atoms with Crippen molar-refractivity contribution in [3.63, 3.8) is 0 Å². The van der Waals surface area contributed by atoms with Gasteiger partial charge in [0.15, 0.2) is 0 Å². The van der Waals surface area contributed by atoms with Gasteiger partial charge in [-0.3, -0.25) is 0 Å². The third kappa shape index (κ3) is 1.63. The fourth-order valence-corrected chi connectivity index (χ4v) is 2.69. The molecule has 0 heterocycles. The Morgan fingerprint density at radius 1 is 1.29 bits per heavy atom. The van der Waals surface area contributed by atoms with Crippen molar-refractivity contribution in [2.24, 2.45) is 5.92 Å². The highest BCUT2D eigenvalue weighted by molar-refractivity contribution is 5.41. The molecule has 2 N–H and O–H groups in total. The van der Waals surface area contributed by atoms with E-state index in [1.165, 1.54) is 24.8 Å². The summed E-state index contributed by atoms with van der Waals surface area (Å²) in [6.45, 7) is 4.73. The number of hydrogen-bond acceptors (Lipinski definition) is 1. The Morgan fingerprint density at radius 3 is 2.43 bits per heavy atom. The van der Waals surface area contributed by atoms with E-state index in [1.54, 1.807) is 0 Å². The molecule has 1 saturated carbocycles. The van der Waals surface area contributed by atoms with Crippen molar-refractivity contribution in [2.45, 2.75) is 38.5 Å². The second-order valence-electron chi connectivity index (χ2n) is 5.03. The summed E-state index contributed by atoms with van der Waals surface area (Å²) in [6, 6.07) is 8.41. The van der Waals surface area contributed by atoms with E-state index in [9.17, 15) is 0 Å². The van der Waals surface area contributed by atoms with Crippen molar-refractivity contribution in [1.29, 1.82) is 0 Å². The summed E-state index contributed by atoms with van der Waals surface area (Å²) >= 11 is 0. The van der Waals surface area contributed by atoms with Crippen molar-refractivity contribution in [3.8, 4) is 0 Å². The molecule has 76 valence electrons. The Labute approximate surface area is 86.3 Å². The van der Waals surface area contributed by atoms with Crippen LogP contribution in [0.5, 0.6) is 0 Å². The second kappa shape index (κ2) is 3.30. The second-order valence-corrected chi connectivity index (χ2v) is 5.03. The van der Waals surface area contributed by atoms with Crippen LogP contribution in [0, 0.1) is 5.92 Å². The summed E-state index contributed by atoms with van der Waals surface area (Å²) in [5.74, 6) is 0.873. The fourth-order valence-electron chi connectivity index (χ4n) is 2.69. The number of anilines is 1. The van der Waals surface area contributed by atoms with Crippen LogP contribution in [-0.4, -0.2) is 0 Å². The molecule has 1 aliphatic rings. The van der Waals surface area contributed by atoms with Crippen LogP contribution in [0.1, 0.15) is 38.7 Å². The molecule has 0 aromatic heterocycles. The van der Waals surface area contributed by atoms with E-state index in [-0.39, 0.29) is 0 Å². The van der Waals surface area contributed by atoms with Crippen LogP contribution in [0.4, 0.5) is 5.69 Å². The maximum absolute atomic E-state index is 5.70. The van der Waals surface area contributed by atoms with E-state index < -0.39 is 0 Å². The van der Waals surface area contributed by atoms with Crippen LogP contribution in [0.25, 0.3) is 0 Å². The number of hydrogen-bond donors (Lipinski definition) is 1. The van der Waals surface area contributed by atoms with Gasteiger partial charge in [-0.1, -0.05) is 26.0 Å². The lowest BCUT2D eigenvalue weighted by Gasteiger charge is -2.24. The maximum atomic E-state index is 5.70. The van der Waals surface area contributed by atoms with Crippen LogP contribution in [-0.2, 0) is 5.41 Å². The monoisotopic (exact) mass is 189 g/mol. The lowest BCUT2D eigenvalue weighted by Crippen LogP contribution is -2.17. The summed E-state index contributed by atoms with van der Waals surface area (Å²) in [6.07, 6.45) is 4.00. The molecule has 1 heteroatoms. The van der Waals surface area contributed by atoms with Crippen LogP contribution < -0.4 is 5.73 Å². The Hall–Kier alpha value is -0.980. The quantitative estimate of drug-likeness (QED) is 0.674. The van der Waals surface area contributed by atoms with Crippen molar-refractivity contribution in [1.82, 2.24) is 0 Å². The van der Waals surface area contributed by atoms with Crippen LogP contribution in [0.2, 0.25) is 0 Å². The predicted molar refractivity (Wildman–Crippen MR) is 61.2 cm³/mol. The van der Waals surface area contributed by atoms with E-state index in [0.29, 0.717) is 5.41 Å². The first-order chi connectivity index (χ1) is 6.60. The number of rotatable bonds is 1. The van der Waals surface area contributed by atoms with Gasteiger partial charge in [-0.05, 0) is 48.3 Å². The number of nitrogen functional groups attached to an aromatic ring is 1. The van der Waals surface area contributed by atoms with Crippen LogP contribution in [0.3, 0.4) is 0 Å². The molecule has 0 radical (unpaired) electrons. The van der Waals surface area contributed by atoms with Crippen molar-refractivity contribution in [2.75, 3.05) is 5.73 Å². The smallest absolute Gasteiger partial charge is 0.0314 e. The zero-order chi connectivity index (χ0) is 10.2. The number of nitrogens with two attached hydrogens (primary N) is 1. The minimum absolute atomic E-state index is 0.396. The normalized spacial score (nSPS) is 32.0. The van der Waals surface area contributed by atoms with Crippen molar-refractivity contribution >= 4 is 5.69 Å². The molecule has 1 aromatic carbocycles. The van der Waals surface area contributed by atoms with Crippen molar-refractivity contribution < 1.29 is 0 Å². The van der Waals surface area contributed by atoms with Crippen molar-refractivity contribution in [3.05, 3.63) is 29.8 Å². The minimum atomic E-state index is 0.396. The zero-order valence-corrected chi connectivity index (χ0v) is 9.09. The van der Waals surface area contributed by atoms with Gasteiger partial charge < -0.3 is 5.73 Å². The SMILES string of the molecule is CC1CCC(C)(c2ccc(N)cc2)C1. The van der Waals surface area contributed by atoms with Gasteiger partial charge in [-0.25, -0.2) is 0 Å². The van der Waals surface area contributed by atoms with Crippen LogP contribution in [0.15, 0.2) is 24.3 Å². The molecule has 2 atom stereocenters. The number of benzene rings is 1. The molecule has 1 aliphatic carbocycles. The van der Waals surface area contributed by atoms with E-state index in [2.05, 4.69) is 26.0 Å². The topological polar surface area (TPSA) is 26.0 Å². The predicted octanol–water partition coefficient (Wildman–Crippen LogP) is 3.35. The van der Waals surface area contributed by atoms with Gasteiger partial charge in [0.2, 0.25) is 0 Å². The first kappa shape index (κ1) is 9.57. The van der Waals surface area contributed by atoms with Gasteiger partial charge in [0.05, 0.1) is 0 Å². The lowest BCUT2D eigenvalue weighted by atomic mass is 9.80. The molecule has 0 amide bonds. The maximum Gasteiger partial charge on any atom is 0.0314 e. The molecule has 0 bridgehead atoms. The van der Waals surface area contributed by atoms with Gasteiger partial charge >= 0.3 is 0 Å². The Balaban J connectivity index is 2.26. The van der Waals surface area contributed by atoms with E-state index in [4.69, 9.17) is 5.73 Å². The molecule has 1 nitrogen and oxygen atoms in total. The van der Waals surface area contributed by atoms with Gasteiger partial charge in [0.25, 0.3) is 0 Å². The van der Waals surface area contributed by atoms with Crippen LogP contribution >= 0.6 is 0 Å². The van der Waals surface area contributed by atoms with Gasteiger partial charge in [-0.15, -0.1) is 0 Å². The summed E-state index contributed by atoms with van der Waals surface area (Å²) in [5.41, 5.74) is 8.41. The lowest BCUT2D eigenvalue weighted by molar-refractivity contribution is 0.466. The molecular weight excluding hydrogens is 170 g/mol. The van der Waals surface area contributed by atoms with E-state index in [1.807, 2.05) is 12.1 Å². The first-order valence-electron chi connectivity index (χ1n) is 5.46. The summed E-state index contributed by atoms with van der Waals surface area (Å²) in [4.78, 5) is 0. The molecular formula is C13H19N. The molecule has 1 fully saturated rings. The molecule has 1 aromatic rings. The summed E-state index contributed by atoms with van der Waals surface area (Å²) in [7, 11) is 0. The standard InChI is InChI=1S/C13H19N/c1-10-7-8-13(2,9-10)11-3-5-12(14)6-4-11/h3-6,10H,7-9,14H2,1-2H3. The van der Waals surface area contributed by atoms with Gasteiger partial charge in [-0.2, -0.15) is 0 Å². The summed E-state index contributed by atoms with van der Waals surface area (Å²) in [5, 5.41) is 0. The third-order valence-corrected chi connectivity index (χ3v) is 3.60. The van der Waals surface area contributed by atoms with E-state index in [0.717, 1.165) is 11.6 Å². The molecule has 0 spiro atoms. The highest BCUT2D eigenvalue weighted by Crippen LogP contribution is 2.43. The molecule has 0 saturated heterocycles. The molecule has 0 aliphatic heterocycles. The molecule has 14 heavy (non-hydrogen) atoms. The Bertz CT molecular complexity index is 315. The zero-order valence-electron chi connectivity index (χ0n) is 9.09. The first-order valence-corrected chi connectivity index (χ1v) is 5.46. The van der Waals surface area contributed by atoms with E-state index >= 15 is 0 Å². The minimum Gasteiger partial charge on any atom is -0.399 e. The molecule has 2 unspecified atom stereocenters. The van der Waals surface area contributed by atoms with Gasteiger partial charge in [0, 0.05) is 5.69 Å². The summed E-state index contributed by atoms with van der Waals surface area (Å²) < 4.78 is 0. The highest BCUT2D eigenvalue weighted by Gasteiger charge is 2.34. The average Bonchev–Trinajstić information content (AvgIpc) is 2.48. The van der Waals surface area contributed by atoms with Gasteiger partial charge in [0.1, 0.15) is 0 Å². The third-order valence-electron chi connectivity index (χ3n) is 3.60. The Kier molecular flexibility index (Phi) is 2.26. The Morgan fingerprint density at radius 2 is 1.93 bits per heavy atom. The fraction of sp³-hybridized carbons (Fsp3) is 0.538.